The Morgan fingerprint density at radius 3 is 2.96 bits per heavy atom. The van der Waals surface area contributed by atoms with Gasteiger partial charge in [-0.15, -0.1) is 0 Å². The zero-order chi connectivity index (χ0) is 19.1. The maximum Gasteiger partial charge on any atom is 0.327 e. The van der Waals surface area contributed by atoms with Crippen LogP contribution in [0, 0.1) is 17.8 Å². The maximum atomic E-state index is 11.6. The smallest absolute Gasteiger partial charge is 0.327 e. The first-order valence-electron chi connectivity index (χ1n) is 9.95. The fraction of sp³-hybridized carbons (Fsp3) is 0.500. The van der Waals surface area contributed by atoms with Crippen LogP contribution in [-0.2, 0) is 22.6 Å². The molecule has 0 bridgehead atoms. The van der Waals surface area contributed by atoms with Crippen LogP contribution in [0.2, 0.25) is 0 Å². The first-order chi connectivity index (χ1) is 13.7. The molecule has 2 saturated carbocycles. The van der Waals surface area contributed by atoms with Gasteiger partial charge in [-0.25, -0.2) is 4.98 Å². The van der Waals surface area contributed by atoms with Gasteiger partial charge in [0, 0.05) is 30.5 Å². The Hall–Kier alpha value is -2.90. The molecule has 2 fully saturated rings. The number of aromatic nitrogens is 5. The number of ether oxygens (including phenoxy) is 1. The highest BCUT2D eigenvalue weighted by atomic mass is 16.5. The molecule has 8 heteroatoms. The predicted octanol–water partition coefficient (Wildman–Crippen LogP) is 2.98. The number of esters is 1. The van der Waals surface area contributed by atoms with Crippen LogP contribution in [0.3, 0.4) is 0 Å². The molecule has 3 aromatic heterocycles. The number of hydrogen-bond acceptors (Lipinski definition) is 6. The van der Waals surface area contributed by atoms with E-state index < -0.39 is 0 Å². The van der Waals surface area contributed by atoms with Crippen molar-refractivity contribution < 1.29 is 9.53 Å². The van der Waals surface area contributed by atoms with E-state index in [9.17, 15) is 4.79 Å². The van der Waals surface area contributed by atoms with Crippen molar-refractivity contribution in [3.63, 3.8) is 0 Å². The lowest BCUT2D eigenvalue weighted by Gasteiger charge is -2.13. The van der Waals surface area contributed by atoms with Gasteiger partial charge in [0.2, 0.25) is 5.95 Å². The van der Waals surface area contributed by atoms with E-state index in [2.05, 4.69) is 32.2 Å². The zero-order valence-electron chi connectivity index (χ0n) is 15.9. The molecule has 3 aromatic rings. The number of anilines is 2. The highest BCUT2D eigenvalue weighted by Crippen LogP contribution is 2.54. The van der Waals surface area contributed by atoms with Gasteiger partial charge in [-0.05, 0) is 50.0 Å². The first-order valence-corrected chi connectivity index (χ1v) is 9.95. The molecule has 0 spiro atoms. The van der Waals surface area contributed by atoms with E-state index >= 15 is 0 Å². The van der Waals surface area contributed by atoms with Crippen molar-refractivity contribution in [2.75, 3.05) is 11.9 Å². The molecule has 8 nitrogen and oxygen atoms in total. The SMILES string of the molecule is CCOC(=O)Cn1cc(Nc2ncc3ccn(C[C@@H]4CC5C[C@@H]5C4)c3n2)cn1. The molecule has 2 aliphatic carbocycles. The van der Waals surface area contributed by atoms with Crippen molar-refractivity contribution in [2.24, 2.45) is 17.8 Å². The Labute approximate surface area is 162 Å². The summed E-state index contributed by atoms with van der Waals surface area (Å²) in [7, 11) is 0. The fourth-order valence-corrected chi connectivity index (χ4v) is 4.43. The van der Waals surface area contributed by atoms with Crippen LogP contribution >= 0.6 is 0 Å². The molecule has 1 N–H and O–H groups in total. The van der Waals surface area contributed by atoms with Crippen LogP contribution in [0.25, 0.3) is 11.0 Å². The van der Waals surface area contributed by atoms with Gasteiger partial charge in [-0.2, -0.15) is 10.1 Å². The molecule has 3 atom stereocenters. The molecule has 0 saturated heterocycles. The van der Waals surface area contributed by atoms with Crippen molar-refractivity contribution in [3.05, 3.63) is 30.9 Å². The van der Waals surface area contributed by atoms with Crippen LogP contribution < -0.4 is 5.32 Å². The van der Waals surface area contributed by atoms with Gasteiger partial charge in [0.1, 0.15) is 12.2 Å². The van der Waals surface area contributed by atoms with E-state index in [1.54, 1.807) is 19.3 Å². The van der Waals surface area contributed by atoms with E-state index in [-0.39, 0.29) is 12.5 Å². The van der Waals surface area contributed by atoms with Gasteiger partial charge in [0.15, 0.2) is 0 Å². The van der Waals surface area contributed by atoms with E-state index in [0.29, 0.717) is 12.6 Å². The van der Waals surface area contributed by atoms with Crippen LogP contribution in [0.4, 0.5) is 11.6 Å². The number of carbonyl (C=O) groups is 1. The third kappa shape index (κ3) is 3.46. The second kappa shape index (κ2) is 6.92. The first kappa shape index (κ1) is 17.2. The van der Waals surface area contributed by atoms with Gasteiger partial charge in [-0.1, -0.05) is 0 Å². The molecular weight excluding hydrogens is 356 g/mol. The summed E-state index contributed by atoms with van der Waals surface area (Å²) in [6.45, 7) is 3.26. The predicted molar refractivity (Wildman–Crippen MR) is 104 cm³/mol. The standard InChI is InChI=1S/C20H24N6O2/c1-2-28-18(27)12-26-11-17(9-22-26)23-20-21-8-14-3-4-25(19(14)24-20)10-13-5-15-7-16(15)6-13/h3-4,8-9,11,13,15-16H,2,5-7,10,12H2,1H3,(H,21,23,24)/t13-,15-,16?/m0/s1. The average Bonchev–Trinajstić information content (AvgIpc) is 3.02. The molecule has 5 rings (SSSR count). The molecule has 0 aliphatic heterocycles. The Bertz CT molecular complexity index is 999. The van der Waals surface area contributed by atoms with Gasteiger partial charge in [0.05, 0.1) is 18.5 Å². The van der Waals surface area contributed by atoms with E-state index in [1.807, 2.05) is 6.20 Å². The summed E-state index contributed by atoms with van der Waals surface area (Å²) in [5.41, 5.74) is 1.69. The number of nitrogens with one attached hydrogen (secondary N) is 1. The van der Waals surface area contributed by atoms with E-state index in [4.69, 9.17) is 9.72 Å². The van der Waals surface area contributed by atoms with Gasteiger partial charge in [0.25, 0.3) is 0 Å². The summed E-state index contributed by atoms with van der Waals surface area (Å²) >= 11 is 0. The molecule has 3 heterocycles. The molecule has 146 valence electrons. The molecule has 0 radical (unpaired) electrons. The lowest BCUT2D eigenvalue weighted by atomic mass is 10.0. The lowest BCUT2D eigenvalue weighted by molar-refractivity contribution is -0.144. The zero-order valence-corrected chi connectivity index (χ0v) is 15.9. The average molecular weight is 380 g/mol. The van der Waals surface area contributed by atoms with Crippen molar-refractivity contribution in [3.8, 4) is 0 Å². The van der Waals surface area contributed by atoms with Crippen LogP contribution in [-0.4, -0.2) is 36.9 Å². The highest BCUT2D eigenvalue weighted by molar-refractivity contribution is 5.76. The second-order valence-corrected chi connectivity index (χ2v) is 7.89. The summed E-state index contributed by atoms with van der Waals surface area (Å²) in [6, 6.07) is 2.08. The summed E-state index contributed by atoms with van der Waals surface area (Å²) in [4.78, 5) is 20.7. The molecule has 1 unspecified atom stereocenters. The number of nitrogens with zero attached hydrogens (tertiary/aromatic N) is 5. The topological polar surface area (TPSA) is 86.9 Å². The maximum absolute atomic E-state index is 11.6. The monoisotopic (exact) mass is 380 g/mol. The van der Waals surface area contributed by atoms with Crippen LogP contribution in [0.1, 0.15) is 26.2 Å². The van der Waals surface area contributed by atoms with Crippen molar-refractivity contribution in [1.29, 1.82) is 0 Å². The minimum atomic E-state index is -0.308. The number of fused-ring (bicyclic) bond motifs is 2. The molecular formula is C20H24N6O2. The highest BCUT2D eigenvalue weighted by Gasteiger charge is 2.45. The summed E-state index contributed by atoms with van der Waals surface area (Å²) in [5, 5.41) is 8.40. The Kier molecular flexibility index (Phi) is 4.26. The van der Waals surface area contributed by atoms with Crippen LogP contribution in [0.15, 0.2) is 30.9 Å². The lowest BCUT2D eigenvalue weighted by Crippen LogP contribution is -2.13. The quantitative estimate of drug-likeness (QED) is 0.634. The summed E-state index contributed by atoms with van der Waals surface area (Å²) in [6.07, 6.45) is 11.5. The number of hydrogen-bond donors (Lipinski definition) is 1. The van der Waals surface area contributed by atoms with Crippen molar-refractivity contribution in [1.82, 2.24) is 24.3 Å². The largest absolute Gasteiger partial charge is 0.465 e. The minimum Gasteiger partial charge on any atom is -0.465 e. The Balaban J connectivity index is 1.29. The van der Waals surface area contributed by atoms with Crippen molar-refractivity contribution in [2.45, 2.75) is 39.3 Å². The fourth-order valence-electron chi connectivity index (χ4n) is 4.43. The molecule has 2 aliphatic rings. The summed E-state index contributed by atoms with van der Waals surface area (Å²) in [5.74, 6) is 2.97. The minimum absolute atomic E-state index is 0.0850. The molecule has 0 amide bonds. The van der Waals surface area contributed by atoms with Crippen molar-refractivity contribution >= 4 is 28.6 Å². The second-order valence-electron chi connectivity index (χ2n) is 7.89. The molecule has 0 aromatic carbocycles. The van der Waals surface area contributed by atoms with Gasteiger partial charge < -0.3 is 14.6 Å². The Morgan fingerprint density at radius 2 is 2.14 bits per heavy atom. The van der Waals surface area contributed by atoms with Gasteiger partial charge in [-0.3, -0.25) is 9.48 Å². The number of carbonyl (C=O) groups excluding carboxylic acids is 1. The van der Waals surface area contributed by atoms with Gasteiger partial charge >= 0.3 is 5.97 Å². The molecule has 28 heavy (non-hydrogen) atoms. The van der Waals surface area contributed by atoms with E-state index in [1.165, 1.54) is 23.9 Å². The third-order valence-electron chi connectivity index (χ3n) is 5.78. The van der Waals surface area contributed by atoms with Crippen LogP contribution in [0.5, 0.6) is 0 Å². The van der Waals surface area contributed by atoms with E-state index in [0.717, 1.165) is 41.0 Å². The summed E-state index contributed by atoms with van der Waals surface area (Å²) < 4.78 is 8.73. The normalized spacial score (nSPS) is 23.0. The Morgan fingerprint density at radius 1 is 1.29 bits per heavy atom. The third-order valence-corrected chi connectivity index (χ3v) is 5.78. The number of rotatable bonds is 7.